The Morgan fingerprint density at radius 3 is 2.33 bits per heavy atom. The Bertz CT molecular complexity index is 78.6. The molecule has 1 nitrogen and oxygen atoms in total. The highest BCUT2D eigenvalue weighted by Gasteiger charge is 2.02. The third kappa shape index (κ3) is 4.19. The fourth-order valence-corrected chi connectivity index (χ4v) is 0.869. The van der Waals surface area contributed by atoms with E-state index in [-0.39, 0.29) is 0 Å². The molecule has 0 spiro atoms. The topological polar surface area (TPSA) is 23.9 Å². The second-order valence-corrected chi connectivity index (χ2v) is 2.89. The smallest absolute Gasteiger partial charge is 0.00194 e. The molecule has 1 N–H and O–H groups in total. The van der Waals surface area contributed by atoms with Crippen molar-refractivity contribution in [1.29, 1.82) is 5.41 Å². The summed E-state index contributed by atoms with van der Waals surface area (Å²) in [6, 6.07) is 0. The highest BCUT2D eigenvalue weighted by atomic mass is 14.3. The van der Waals surface area contributed by atoms with E-state index in [0.29, 0.717) is 5.92 Å². The summed E-state index contributed by atoms with van der Waals surface area (Å²) in [5.41, 5.74) is 0. The lowest BCUT2D eigenvalue weighted by Crippen LogP contribution is -2.02. The third-order valence-electron chi connectivity index (χ3n) is 1.76. The van der Waals surface area contributed by atoms with Gasteiger partial charge in [-0.2, -0.15) is 0 Å². The summed E-state index contributed by atoms with van der Waals surface area (Å²) in [5.74, 6) is 1.25. The zero-order valence-corrected chi connectivity index (χ0v) is 6.65. The van der Waals surface area contributed by atoms with Crippen LogP contribution in [0.1, 0.15) is 33.6 Å². The predicted octanol–water partition coefficient (Wildman–Crippen LogP) is 2.71. The molecule has 9 heavy (non-hydrogen) atoms. The van der Waals surface area contributed by atoms with Crippen LogP contribution in [0.3, 0.4) is 0 Å². The van der Waals surface area contributed by atoms with Crippen LogP contribution in [0.25, 0.3) is 0 Å². The van der Waals surface area contributed by atoms with Crippen LogP contribution in [0.5, 0.6) is 0 Å². The van der Waals surface area contributed by atoms with Crippen molar-refractivity contribution in [2.75, 3.05) is 0 Å². The monoisotopic (exact) mass is 127 g/mol. The molecule has 0 rings (SSSR count). The van der Waals surface area contributed by atoms with Gasteiger partial charge < -0.3 is 5.41 Å². The van der Waals surface area contributed by atoms with Gasteiger partial charge in [0.05, 0.1) is 0 Å². The minimum Gasteiger partial charge on any atom is -0.313 e. The van der Waals surface area contributed by atoms with Crippen molar-refractivity contribution in [3.63, 3.8) is 0 Å². The first-order chi connectivity index (χ1) is 4.20. The summed E-state index contributed by atoms with van der Waals surface area (Å²) in [6.45, 7) is 6.53. The molecule has 0 aromatic rings. The van der Waals surface area contributed by atoms with Crippen LogP contribution in [0, 0.1) is 17.2 Å². The van der Waals surface area contributed by atoms with Gasteiger partial charge in [0.1, 0.15) is 0 Å². The minimum absolute atomic E-state index is 0.472. The van der Waals surface area contributed by atoms with Gasteiger partial charge in [0, 0.05) is 0 Å². The van der Waals surface area contributed by atoms with Gasteiger partial charge in [0.2, 0.25) is 0 Å². The average molecular weight is 127 g/mol. The Morgan fingerprint density at radius 2 is 2.00 bits per heavy atom. The van der Waals surface area contributed by atoms with Crippen LogP contribution in [0.2, 0.25) is 0 Å². The molecule has 0 aliphatic heterocycles. The van der Waals surface area contributed by atoms with E-state index in [1.165, 1.54) is 19.1 Å². The van der Waals surface area contributed by atoms with Crippen LogP contribution in [-0.4, -0.2) is 6.21 Å². The molecule has 0 heterocycles. The first kappa shape index (κ1) is 8.67. The van der Waals surface area contributed by atoms with Crippen molar-refractivity contribution >= 4 is 6.21 Å². The zero-order chi connectivity index (χ0) is 7.28. The first-order valence-electron chi connectivity index (χ1n) is 3.71. The summed E-state index contributed by atoms with van der Waals surface area (Å²) in [4.78, 5) is 0. The van der Waals surface area contributed by atoms with E-state index in [1.54, 1.807) is 0 Å². The summed E-state index contributed by atoms with van der Waals surface area (Å²) in [7, 11) is 0. The van der Waals surface area contributed by atoms with Gasteiger partial charge in [-0.3, -0.25) is 0 Å². The van der Waals surface area contributed by atoms with Gasteiger partial charge in [-0.15, -0.1) is 0 Å². The molecular weight excluding hydrogens is 110 g/mol. The van der Waals surface area contributed by atoms with E-state index >= 15 is 0 Å². The van der Waals surface area contributed by atoms with E-state index in [1.807, 2.05) is 0 Å². The Labute approximate surface area is 58.0 Å². The predicted molar refractivity (Wildman–Crippen MR) is 42.0 cm³/mol. The average Bonchev–Trinajstić information content (AvgIpc) is 1.87. The fourth-order valence-electron chi connectivity index (χ4n) is 0.869. The maximum absolute atomic E-state index is 6.95. The largest absolute Gasteiger partial charge is 0.313 e. The molecule has 0 saturated heterocycles. The number of nitrogens with one attached hydrogen (secondary N) is 1. The van der Waals surface area contributed by atoms with Crippen molar-refractivity contribution in [2.45, 2.75) is 33.6 Å². The number of hydrogen-bond acceptors (Lipinski definition) is 1. The van der Waals surface area contributed by atoms with Gasteiger partial charge in [-0.1, -0.05) is 27.2 Å². The Hall–Kier alpha value is -0.330. The molecule has 0 amide bonds. The van der Waals surface area contributed by atoms with Crippen LogP contribution in [0.15, 0.2) is 0 Å². The molecule has 1 heteroatoms. The highest BCUT2D eigenvalue weighted by molar-refractivity contribution is 5.55. The Balaban J connectivity index is 3.33. The molecule has 0 aromatic carbocycles. The Kier molecular flexibility index (Phi) is 4.37. The van der Waals surface area contributed by atoms with Crippen molar-refractivity contribution in [3.8, 4) is 0 Å². The SMILES string of the molecule is CCC(C)CC(C)C=N. The van der Waals surface area contributed by atoms with E-state index in [4.69, 9.17) is 5.41 Å². The standard InChI is InChI=1S/C8H17N/c1-4-7(2)5-8(3)6-9/h6-9H,4-5H2,1-3H3. The van der Waals surface area contributed by atoms with E-state index in [9.17, 15) is 0 Å². The summed E-state index contributed by atoms with van der Waals surface area (Å²) in [5, 5.41) is 6.95. The Morgan fingerprint density at radius 1 is 1.44 bits per heavy atom. The number of rotatable bonds is 4. The molecule has 0 aliphatic carbocycles. The van der Waals surface area contributed by atoms with Gasteiger partial charge in [0.25, 0.3) is 0 Å². The third-order valence-corrected chi connectivity index (χ3v) is 1.76. The summed E-state index contributed by atoms with van der Waals surface area (Å²) >= 11 is 0. The molecule has 54 valence electrons. The van der Waals surface area contributed by atoms with Crippen LogP contribution >= 0.6 is 0 Å². The van der Waals surface area contributed by atoms with Crippen molar-refractivity contribution in [1.82, 2.24) is 0 Å². The molecule has 0 bridgehead atoms. The molecule has 0 fully saturated rings. The van der Waals surface area contributed by atoms with Gasteiger partial charge in [0.15, 0.2) is 0 Å². The van der Waals surface area contributed by atoms with E-state index < -0.39 is 0 Å². The van der Waals surface area contributed by atoms with E-state index in [2.05, 4.69) is 20.8 Å². The number of hydrogen-bond donors (Lipinski definition) is 1. The fraction of sp³-hybridized carbons (Fsp3) is 0.875. The molecule has 2 unspecified atom stereocenters. The van der Waals surface area contributed by atoms with Crippen LogP contribution in [0.4, 0.5) is 0 Å². The zero-order valence-electron chi connectivity index (χ0n) is 6.65. The van der Waals surface area contributed by atoms with Gasteiger partial charge >= 0.3 is 0 Å². The first-order valence-corrected chi connectivity index (χ1v) is 3.71. The molecule has 2 atom stereocenters. The normalized spacial score (nSPS) is 16.8. The minimum atomic E-state index is 0.472. The summed E-state index contributed by atoms with van der Waals surface area (Å²) in [6.07, 6.45) is 3.93. The van der Waals surface area contributed by atoms with Crippen molar-refractivity contribution < 1.29 is 0 Å². The maximum atomic E-state index is 6.95. The second kappa shape index (κ2) is 4.54. The highest BCUT2D eigenvalue weighted by Crippen LogP contribution is 2.12. The molecular formula is C8H17N. The molecule has 0 radical (unpaired) electrons. The lowest BCUT2D eigenvalue weighted by Gasteiger charge is -2.09. The van der Waals surface area contributed by atoms with Crippen LogP contribution in [-0.2, 0) is 0 Å². The van der Waals surface area contributed by atoms with E-state index in [0.717, 1.165) is 5.92 Å². The molecule has 0 saturated carbocycles. The lowest BCUT2D eigenvalue weighted by atomic mass is 9.96. The summed E-state index contributed by atoms with van der Waals surface area (Å²) < 4.78 is 0. The second-order valence-electron chi connectivity index (χ2n) is 2.89. The molecule has 0 aliphatic rings. The van der Waals surface area contributed by atoms with Gasteiger partial charge in [-0.25, -0.2) is 0 Å². The maximum Gasteiger partial charge on any atom is -0.00194 e. The molecule has 0 aromatic heterocycles. The van der Waals surface area contributed by atoms with Crippen molar-refractivity contribution in [3.05, 3.63) is 0 Å². The lowest BCUT2D eigenvalue weighted by molar-refractivity contribution is 0.472. The van der Waals surface area contributed by atoms with Crippen molar-refractivity contribution in [2.24, 2.45) is 11.8 Å². The van der Waals surface area contributed by atoms with Gasteiger partial charge in [-0.05, 0) is 24.5 Å². The quantitative estimate of drug-likeness (QED) is 0.561. The van der Waals surface area contributed by atoms with Crippen LogP contribution < -0.4 is 0 Å².